The molecule has 3 rings (SSSR count). The summed E-state index contributed by atoms with van der Waals surface area (Å²) in [6, 6.07) is 0. The van der Waals surface area contributed by atoms with Crippen LogP contribution < -0.4 is 10.6 Å². The van der Waals surface area contributed by atoms with E-state index >= 15 is 0 Å². The minimum atomic E-state index is -1.26. The van der Waals surface area contributed by atoms with Crippen LogP contribution in [0.1, 0.15) is 45.4 Å². The molecular formula is C22H33N7O4S. The highest BCUT2D eigenvalue weighted by atomic mass is 32.1. The molecule has 0 atom stereocenters. The smallest absolute Gasteiger partial charge is 0.328 e. The van der Waals surface area contributed by atoms with Gasteiger partial charge in [0.15, 0.2) is 10.8 Å². The second-order valence-corrected chi connectivity index (χ2v) is 8.24. The number of fused-ring (bicyclic) bond motifs is 1. The summed E-state index contributed by atoms with van der Waals surface area (Å²) in [4.78, 5) is 30.4. The van der Waals surface area contributed by atoms with Crippen LogP contribution in [0.2, 0.25) is 0 Å². The lowest BCUT2D eigenvalue weighted by molar-refractivity contribution is -0.134. The lowest BCUT2D eigenvalue weighted by Crippen LogP contribution is -2.29. The second kappa shape index (κ2) is 14.9. The zero-order valence-electron chi connectivity index (χ0n) is 19.4. The fourth-order valence-corrected chi connectivity index (χ4v) is 3.62. The molecule has 0 amide bonds. The lowest BCUT2D eigenvalue weighted by atomic mass is 10.2. The maximum absolute atomic E-state index is 9.55. The van der Waals surface area contributed by atoms with Gasteiger partial charge in [0.1, 0.15) is 12.1 Å². The van der Waals surface area contributed by atoms with Crippen molar-refractivity contribution in [3.05, 3.63) is 24.7 Å². The fourth-order valence-electron chi connectivity index (χ4n) is 3.43. The zero-order chi connectivity index (χ0) is 24.8. The van der Waals surface area contributed by atoms with Crippen molar-refractivity contribution in [1.82, 2.24) is 30.0 Å². The first-order valence-electron chi connectivity index (χ1n) is 11.5. The van der Waals surface area contributed by atoms with Gasteiger partial charge >= 0.3 is 11.9 Å². The molecule has 1 fully saturated rings. The van der Waals surface area contributed by atoms with Crippen LogP contribution in [0, 0.1) is 0 Å². The minimum Gasteiger partial charge on any atom is -0.478 e. The van der Waals surface area contributed by atoms with Crippen molar-refractivity contribution in [3.63, 3.8) is 0 Å². The van der Waals surface area contributed by atoms with Gasteiger partial charge < -0.3 is 25.7 Å². The number of likely N-dealkylation sites (tertiary alicyclic amines) is 1. The minimum absolute atomic E-state index is 0.558. The molecule has 1 aliphatic heterocycles. The summed E-state index contributed by atoms with van der Waals surface area (Å²) < 4.78 is 1.97. The first-order chi connectivity index (χ1) is 16.4. The number of carboxylic acid groups (broad SMARTS) is 2. The molecule has 2 aromatic heterocycles. The molecule has 186 valence electrons. The van der Waals surface area contributed by atoms with E-state index in [9.17, 15) is 9.59 Å². The van der Waals surface area contributed by atoms with Gasteiger partial charge in [0.05, 0.1) is 18.1 Å². The Bertz CT molecular complexity index is 955. The van der Waals surface area contributed by atoms with Gasteiger partial charge in [-0.05, 0) is 44.6 Å². The third-order valence-electron chi connectivity index (χ3n) is 5.18. The maximum atomic E-state index is 9.55. The van der Waals surface area contributed by atoms with E-state index in [1.807, 2.05) is 10.9 Å². The molecule has 2 aromatic rings. The number of nitrogens with one attached hydrogen (secondary N) is 2. The van der Waals surface area contributed by atoms with Crippen molar-refractivity contribution in [2.24, 2.45) is 0 Å². The summed E-state index contributed by atoms with van der Waals surface area (Å²) in [6.45, 7) is 7.27. The molecule has 0 aliphatic carbocycles. The topological polar surface area (TPSA) is 146 Å². The predicted molar refractivity (Wildman–Crippen MR) is 134 cm³/mol. The molecule has 1 aliphatic rings. The van der Waals surface area contributed by atoms with Crippen LogP contribution in [-0.4, -0.2) is 78.1 Å². The highest BCUT2D eigenvalue weighted by Crippen LogP contribution is 2.19. The number of unbranched alkanes of at least 4 members (excludes halogenated alkanes) is 1. The Morgan fingerprint density at radius 3 is 2.38 bits per heavy atom. The Kier molecular flexibility index (Phi) is 11.9. The molecule has 0 bridgehead atoms. The Morgan fingerprint density at radius 1 is 1.09 bits per heavy atom. The van der Waals surface area contributed by atoms with Crippen LogP contribution in [0.5, 0.6) is 0 Å². The van der Waals surface area contributed by atoms with Crippen molar-refractivity contribution < 1.29 is 19.8 Å². The Balaban J connectivity index is 0.000000440. The van der Waals surface area contributed by atoms with Gasteiger partial charge in [-0.3, -0.25) is 0 Å². The number of carbonyl (C=O) groups is 2. The molecular weight excluding hydrogens is 458 g/mol. The number of rotatable bonds is 9. The van der Waals surface area contributed by atoms with Gasteiger partial charge in [0.2, 0.25) is 0 Å². The average molecular weight is 492 g/mol. The standard InChI is InChI=1S/C18H29N7S.C4H4O4/c1-2-3-8-19-18(26)23-16-15-13-22-25(17(15)21-14-20-16)12-11-24-9-6-4-5-7-10-24;5-3(6)1-2-4(7)8/h13-14H,2-12H2,1H3,(H2,19,20,21,23,26);1-2H,(H,5,6)(H,7,8)/b;2-1-. The van der Waals surface area contributed by atoms with E-state index in [0.717, 1.165) is 43.5 Å². The van der Waals surface area contributed by atoms with Crippen molar-refractivity contribution in [1.29, 1.82) is 0 Å². The molecule has 3 heterocycles. The molecule has 34 heavy (non-hydrogen) atoms. The van der Waals surface area contributed by atoms with Gasteiger partial charge in [0.25, 0.3) is 0 Å². The summed E-state index contributed by atoms with van der Waals surface area (Å²) in [5.41, 5.74) is 0.855. The third-order valence-corrected chi connectivity index (χ3v) is 5.42. The van der Waals surface area contributed by atoms with Gasteiger partial charge in [0, 0.05) is 25.2 Å². The highest BCUT2D eigenvalue weighted by molar-refractivity contribution is 7.80. The quantitative estimate of drug-likeness (QED) is 0.233. The van der Waals surface area contributed by atoms with E-state index in [1.54, 1.807) is 6.33 Å². The van der Waals surface area contributed by atoms with Crippen molar-refractivity contribution in [2.75, 3.05) is 31.5 Å². The van der Waals surface area contributed by atoms with E-state index in [0.29, 0.717) is 23.1 Å². The van der Waals surface area contributed by atoms with Crippen molar-refractivity contribution in [3.8, 4) is 0 Å². The first-order valence-corrected chi connectivity index (χ1v) is 11.9. The van der Waals surface area contributed by atoms with Gasteiger partial charge in [-0.2, -0.15) is 5.10 Å². The van der Waals surface area contributed by atoms with E-state index in [-0.39, 0.29) is 0 Å². The molecule has 0 radical (unpaired) electrons. The molecule has 0 spiro atoms. The molecule has 12 heteroatoms. The highest BCUT2D eigenvalue weighted by Gasteiger charge is 2.13. The number of nitrogens with zero attached hydrogens (tertiary/aromatic N) is 5. The predicted octanol–water partition coefficient (Wildman–Crippen LogP) is 2.50. The van der Waals surface area contributed by atoms with E-state index in [4.69, 9.17) is 22.4 Å². The SMILES string of the molecule is CCCCNC(=S)Nc1ncnc2c1cnn2CCN1CCCCCC1.O=C(O)/C=C\C(=O)O. The molecule has 0 aromatic carbocycles. The zero-order valence-corrected chi connectivity index (χ0v) is 20.3. The van der Waals surface area contributed by atoms with Crippen LogP contribution in [0.25, 0.3) is 11.0 Å². The number of hydrogen-bond donors (Lipinski definition) is 4. The summed E-state index contributed by atoms with van der Waals surface area (Å²) in [7, 11) is 0. The van der Waals surface area contributed by atoms with E-state index in [1.165, 1.54) is 38.8 Å². The molecule has 0 unspecified atom stereocenters. The number of aliphatic carboxylic acids is 2. The fraction of sp³-hybridized carbons (Fsp3) is 0.545. The number of thiocarbonyl (C=S) groups is 1. The third kappa shape index (κ3) is 9.79. The second-order valence-electron chi connectivity index (χ2n) is 7.83. The normalized spacial score (nSPS) is 14.3. The number of aromatic nitrogens is 4. The van der Waals surface area contributed by atoms with Gasteiger partial charge in [-0.1, -0.05) is 26.2 Å². The largest absolute Gasteiger partial charge is 0.478 e. The van der Waals surface area contributed by atoms with Crippen LogP contribution in [-0.2, 0) is 16.1 Å². The van der Waals surface area contributed by atoms with Crippen molar-refractivity contribution in [2.45, 2.75) is 52.0 Å². The van der Waals surface area contributed by atoms with Gasteiger partial charge in [-0.15, -0.1) is 0 Å². The van der Waals surface area contributed by atoms with Crippen molar-refractivity contribution >= 4 is 46.1 Å². The summed E-state index contributed by atoms with van der Waals surface area (Å²) in [5, 5.41) is 28.0. The van der Waals surface area contributed by atoms with E-state index in [2.05, 4.69) is 37.5 Å². The van der Waals surface area contributed by atoms with Gasteiger partial charge in [-0.25, -0.2) is 24.2 Å². The Morgan fingerprint density at radius 2 is 1.76 bits per heavy atom. The molecule has 4 N–H and O–H groups in total. The van der Waals surface area contributed by atoms with Crippen LogP contribution in [0.4, 0.5) is 5.82 Å². The monoisotopic (exact) mass is 491 g/mol. The molecule has 11 nitrogen and oxygen atoms in total. The van der Waals surface area contributed by atoms with Crippen LogP contribution in [0.3, 0.4) is 0 Å². The number of carboxylic acids is 2. The Labute approximate surface area is 204 Å². The average Bonchev–Trinajstić information content (AvgIpc) is 3.04. The van der Waals surface area contributed by atoms with E-state index < -0.39 is 11.9 Å². The molecule has 0 saturated carbocycles. The summed E-state index contributed by atoms with van der Waals surface area (Å²) in [5.74, 6) is -1.80. The molecule has 1 saturated heterocycles. The first kappa shape index (κ1) is 27.1. The number of hydrogen-bond acceptors (Lipinski definition) is 7. The summed E-state index contributed by atoms with van der Waals surface area (Å²) >= 11 is 5.35. The summed E-state index contributed by atoms with van der Waals surface area (Å²) in [6.07, 6.45) is 12.1. The lowest BCUT2D eigenvalue weighted by Gasteiger charge is -2.19. The Hall–Kier alpha value is -3.12. The number of anilines is 1. The van der Waals surface area contributed by atoms with Crippen LogP contribution >= 0.6 is 12.2 Å². The van der Waals surface area contributed by atoms with Crippen LogP contribution in [0.15, 0.2) is 24.7 Å². The maximum Gasteiger partial charge on any atom is 0.328 e.